The first-order valence-electron chi connectivity index (χ1n) is 9.40. The Bertz CT molecular complexity index is 1000. The van der Waals surface area contributed by atoms with Crippen molar-refractivity contribution in [2.24, 2.45) is 0 Å². The normalized spacial score (nSPS) is 10.3. The van der Waals surface area contributed by atoms with Gasteiger partial charge in [-0.05, 0) is 34.9 Å². The van der Waals surface area contributed by atoms with E-state index in [2.05, 4.69) is 20.6 Å². The molecule has 0 aliphatic heterocycles. The maximum Gasteiger partial charge on any atom is 0.318 e. The van der Waals surface area contributed by atoms with Crippen LogP contribution >= 0.6 is 0 Å². The summed E-state index contributed by atoms with van der Waals surface area (Å²) in [5, 5.41) is 5.62. The summed E-state index contributed by atoms with van der Waals surface area (Å²) in [4.78, 5) is 31.3. The van der Waals surface area contributed by atoms with Gasteiger partial charge in [-0.15, -0.1) is 0 Å². The van der Waals surface area contributed by atoms with Crippen molar-refractivity contribution in [2.45, 2.75) is 26.6 Å². The van der Waals surface area contributed by atoms with Gasteiger partial charge in [0.1, 0.15) is 12.4 Å². The van der Waals surface area contributed by atoms with Gasteiger partial charge in [0.2, 0.25) is 5.91 Å². The Balaban J connectivity index is 1.47. The van der Waals surface area contributed by atoms with Gasteiger partial charge in [0.25, 0.3) is 5.91 Å². The van der Waals surface area contributed by atoms with Crippen LogP contribution in [0.4, 0.5) is 5.82 Å². The molecule has 2 amide bonds. The van der Waals surface area contributed by atoms with E-state index in [-0.39, 0.29) is 17.8 Å². The third-order valence-corrected chi connectivity index (χ3v) is 4.26. The number of anilines is 1. The molecule has 0 aliphatic carbocycles. The lowest BCUT2D eigenvalue weighted by atomic mass is 10.1. The van der Waals surface area contributed by atoms with Crippen molar-refractivity contribution in [1.82, 2.24) is 20.6 Å². The summed E-state index contributed by atoms with van der Waals surface area (Å²) in [6.45, 7) is 2.64. The molecule has 0 bridgehead atoms. The van der Waals surface area contributed by atoms with Gasteiger partial charge in [-0.3, -0.25) is 9.59 Å². The van der Waals surface area contributed by atoms with Crippen LogP contribution in [0.3, 0.4) is 0 Å². The van der Waals surface area contributed by atoms with Crippen molar-refractivity contribution in [3.05, 3.63) is 83.0 Å². The van der Waals surface area contributed by atoms with Gasteiger partial charge in [0, 0.05) is 31.8 Å². The van der Waals surface area contributed by atoms with Crippen molar-refractivity contribution in [1.29, 1.82) is 0 Å². The van der Waals surface area contributed by atoms with E-state index in [0.29, 0.717) is 31.1 Å². The molecule has 0 saturated heterocycles. The summed E-state index contributed by atoms with van der Waals surface area (Å²) in [7, 11) is 0. The number of hydrogen-bond acceptors (Lipinski definition) is 6. The van der Waals surface area contributed by atoms with Crippen LogP contribution in [0.25, 0.3) is 0 Å². The fourth-order valence-corrected chi connectivity index (χ4v) is 2.61. The quantitative estimate of drug-likeness (QED) is 0.529. The zero-order chi connectivity index (χ0) is 21.3. The SMILES string of the molecule is CC(=O)NCc1ccc(C(=O)NCc2ccc(COc3nccc(N)n3)cc2)cc1. The summed E-state index contributed by atoms with van der Waals surface area (Å²) in [5.41, 5.74) is 9.01. The number of hydrogen-bond donors (Lipinski definition) is 3. The monoisotopic (exact) mass is 405 g/mol. The van der Waals surface area contributed by atoms with E-state index in [1.807, 2.05) is 36.4 Å². The number of aromatic nitrogens is 2. The number of nitrogens with zero attached hydrogens (tertiary/aromatic N) is 2. The number of benzene rings is 2. The smallest absolute Gasteiger partial charge is 0.318 e. The third-order valence-electron chi connectivity index (χ3n) is 4.26. The van der Waals surface area contributed by atoms with Crippen LogP contribution in [0, 0.1) is 0 Å². The molecule has 0 unspecified atom stereocenters. The summed E-state index contributed by atoms with van der Waals surface area (Å²) in [6.07, 6.45) is 1.54. The predicted octanol–water partition coefficient (Wildman–Crippen LogP) is 2.20. The molecule has 154 valence electrons. The maximum atomic E-state index is 12.3. The number of carbonyl (C=O) groups is 2. The van der Waals surface area contributed by atoms with Crippen LogP contribution in [0.2, 0.25) is 0 Å². The molecule has 0 aliphatic rings. The Morgan fingerprint density at radius 3 is 2.13 bits per heavy atom. The van der Waals surface area contributed by atoms with Crippen LogP contribution in [-0.2, 0) is 24.5 Å². The van der Waals surface area contributed by atoms with Gasteiger partial charge < -0.3 is 21.1 Å². The molecule has 8 heteroatoms. The summed E-state index contributed by atoms with van der Waals surface area (Å²) in [5.74, 6) is 0.105. The maximum absolute atomic E-state index is 12.3. The van der Waals surface area contributed by atoms with Crippen LogP contribution in [0.1, 0.15) is 34.0 Å². The number of ether oxygens (including phenoxy) is 1. The van der Waals surface area contributed by atoms with Gasteiger partial charge in [0.15, 0.2) is 0 Å². The standard InChI is InChI=1S/C22H23N5O3/c1-15(28)25-12-17-6-8-19(9-7-17)21(29)26-13-16-2-4-18(5-3-16)14-30-22-24-11-10-20(23)27-22/h2-11H,12-14H2,1H3,(H,25,28)(H,26,29)(H2,23,24,27). The summed E-state index contributed by atoms with van der Waals surface area (Å²) < 4.78 is 5.51. The van der Waals surface area contributed by atoms with E-state index in [1.165, 1.54) is 6.92 Å². The lowest BCUT2D eigenvalue weighted by Gasteiger charge is -2.08. The van der Waals surface area contributed by atoms with Crippen molar-refractivity contribution >= 4 is 17.6 Å². The molecule has 3 rings (SSSR count). The molecule has 0 radical (unpaired) electrons. The molecule has 1 aromatic heterocycles. The molecule has 1 heterocycles. The second-order valence-corrected chi connectivity index (χ2v) is 6.66. The molecule has 0 atom stereocenters. The van der Waals surface area contributed by atoms with Gasteiger partial charge >= 0.3 is 6.01 Å². The molecule has 4 N–H and O–H groups in total. The molecular formula is C22H23N5O3. The van der Waals surface area contributed by atoms with Crippen molar-refractivity contribution in [2.75, 3.05) is 5.73 Å². The highest BCUT2D eigenvalue weighted by atomic mass is 16.5. The Kier molecular flexibility index (Phi) is 6.94. The number of nitrogens with one attached hydrogen (secondary N) is 2. The highest BCUT2D eigenvalue weighted by Crippen LogP contribution is 2.10. The zero-order valence-electron chi connectivity index (χ0n) is 16.6. The van der Waals surface area contributed by atoms with Crippen LogP contribution in [0.5, 0.6) is 6.01 Å². The fraction of sp³-hybridized carbons (Fsp3) is 0.182. The van der Waals surface area contributed by atoms with E-state index < -0.39 is 0 Å². The van der Waals surface area contributed by atoms with E-state index in [9.17, 15) is 9.59 Å². The molecule has 8 nitrogen and oxygen atoms in total. The Hall–Kier alpha value is -3.94. The highest BCUT2D eigenvalue weighted by Gasteiger charge is 2.06. The first kappa shape index (κ1) is 20.8. The topological polar surface area (TPSA) is 119 Å². The molecular weight excluding hydrogens is 382 g/mol. The van der Waals surface area contributed by atoms with Gasteiger partial charge in [0.05, 0.1) is 0 Å². The number of nitrogens with two attached hydrogens (primary N) is 1. The number of rotatable bonds is 8. The Morgan fingerprint density at radius 2 is 1.50 bits per heavy atom. The number of amides is 2. The molecule has 0 spiro atoms. The Morgan fingerprint density at radius 1 is 0.900 bits per heavy atom. The van der Waals surface area contributed by atoms with Gasteiger partial charge in [-0.2, -0.15) is 4.98 Å². The largest absolute Gasteiger partial charge is 0.459 e. The van der Waals surface area contributed by atoms with E-state index in [4.69, 9.17) is 10.5 Å². The van der Waals surface area contributed by atoms with Crippen LogP contribution in [-0.4, -0.2) is 21.8 Å². The minimum Gasteiger partial charge on any atom is -0.459 e. The highest BCUT2D eigenvalue weighted by molar-refractivity contribution is 5.94. The Labute approximate surface area is 174 Å². The average molecular weight is 405 g/mol. The van der Waals surface area contributed by atoms with E-state index >= 15 is 0 Å². The summed E-state index contributed by atoms with van der Waals surface area (Å²) >= 11 is 0. The van der Waals surface area contributed by atoms with Gasteiger partial charge in [-0.1, -0.05) is 36.4 Å². The minimum absolute atomic E-state index is 0.0903. The molecule has 3 aromatic rings. The van der Waals surface area contributed by atoms with Crippen molar-refractivity contribution < 1.29 is 14.3 Å². The van der Waals surface area contributed by atoms with Crippen molar-refractivity contribution in [3.63, 3.8) is 0 Å². The lowest BCUT2D eigenvalue weighted by Crippen LogP contribution is -2.23. The fourth-order valence-electron chi connectivity index (χ4n) is 2.61. The lowest BCUT2D eigenvalue weighted by molar-refractivity contribution is -0.119. The zero-order valence-corrected chi connectivity index (χ0v) is 16.6. The third kappa shape index (κ3) is 6.30. The van der Waals surface area contributed by atoms with Crippen LogP contribution < -0.4 is 21.1 Å². The second-order valence-electron chi connectivity index (χ2n) is 6.66. The number of carbonyl (C=O) groups excluding carboxylic acids is 2. The van der Waals surface area contributed by atoms with E-state index in [0.717, 1.165) is 16.7 Å². The first-order chi connectivity index (χ1) is 14.5. The first-order valence-corrected chi connectivity index (χ1v) is 9.40. The average Bonchev–Trinajstić information content (AvgIpc) is 2.76. The van der Waals surface area contributed by atoms with Gasteiger partial charge in [-0.25, -0.2) is 4.98 Å². The van der Waals surface area contributed by atoms with E-state index in [1.54, 1.807) is 24.4 Å². The molecule has 0 fully saturated rings. The van der Waals surface area contributed by atoms with Crippen LogP contribution in [0.15, 0.2) is 60.8 Å². The predicted molar refractivity (Wildman–Crippen MR) is 112 cm³/mol. The second kappa shape index (κ2) is 10.0. The molecule has 2 aromatic carbocycles. The molecule has 30 heavy (non-hydrogen) atoms. The summed E-state index contributed by atoms with van der Waals surface area (Å²) in [6, 6.07) is 16.6. The van der Waals surface area contributed by atoms with Crippen molar-refractivity contribution in [3.8, 4) is 6.01 Å². The molecule has 0 saturated carbocycles. The minimum atomic E-state index is -0.160. The number of nitrogen functional groups attached to an aromatic ring is 1.